The maximum absolute atomic E-state index is 12.2. The van der Waals surface area contributed by atoms with Crippen molar-refractivity contribution < 1.29 is 9.59 Å². The second kappa shape index (κ2) is 6.08. The smallest absolute Gasteiger partial charge is 0.271 e. The SMILES string of the molecule is CNC(=O)c1ccn([C@@H]2CCCN([C@@H]3CCN(C)C3=O)C2)n1. The van der Waals surface area contributed by atoms with E-state index in [0.717, 1.165) is 38.9 Å². The summed E-state index contributed by atoms with van der Waals surface area (Å²) in [6.07, 6.45) is 4.85. The van der Waals surface area contributed by atoms with Crippen LogP contribution in [0.3, 0.4) is 0 Å². The Balaban J connectivity index is 1.69. The molecular weight excluding hydrogens is 282 g/mol. The van der Waals surface area contributed by atoms with Crippen LogP contribution in [0.4, 0.5) is 0 Å². The fourth-order valence-corrected chi connectivity index (χ4v) is 3.42. The summed E-state index contributed by atoms with van der Waals surface area (Å²) < 4.78 is 1.87. The number of amides is 2. The van der Waals surface area contributed by atoms with Gasteiger partial charge in [-0.1, -0.05) is 0 Å². The van der Waals surface area contributed by atoms with Crippen molar-refractivity contribution in [3.05, 3.63) is 18.0 Å². The van der Waals surface area contributed by atoms with Crippen LogP contribution in [0.2, 0.25) is 0 Å². The number of nitrogens with one attached hydrogen (secondary N) is 1. The molecule has 2 amide bonds. The maximum atomic E-state index is 12.2. The third kappa shape index (κ3) is 2.72. The summed E-state index contributed by atoms with van der Waals surface area (Å²) in [7, 11) is 3.47. The zero-order chi connectivity index (χ0) is 15.7. The van der Waals surface area contributed by atoms with E-state index in [-0.39, 0.29) is 23.9 Å². The van der Waals surface area contributed by atoms with Gasteiger partial charge in [-0.2, -0.15) is 5.10 Å². The lowest BCUT2D eigenvalue weighted by Gasteiger charge is -2.35. The fraction of sp³-hybridized carbons (Fsp3) is 0.667. The van der Waals surface area contributed by atoms with Crippen molar-refractivity contribution in [1.82, 2.24) is 24.9 Å². The number of hydrogen-bond donors (Lipinski definition) is 1. The first kappa shape index (κ1) is 15.0. The van der Waals surface area contributed by atoms with E-state index < -0.39 is 0 Å². The van der Waals surface area contributed by atoms with Crippen molar-refractivity contribution in [2.75, 3.05) is 33.7 Å². The second-order valence-electron chi connectivity index (χ2n) is 6.12. The van der Waals surface area contributed by atoms with E-state index in [0.29, 0.717) is 5.69 Å². The highest BCUT2D eigenvalue weighted by Crippen LogP contribution is 2.26. The highest BCUT2D eigenvalue weighted by molar-refractivity contribution is 5.91. The van der Waals surface area contributed by atoms with Crippen molar-refractivity contribution in [2.45, 2.75) is 31.3 Å². The van der Waals surface area contributed by atoms with Crippen molar-refractivity contribution in [3.8, 4) is 0 Å². The average Bonchev–Trinajstić information content (AvgIpc) is 3.15. The molecule has 0 spiro atoms. The van der Waals surface area contributed by atoms with Gasteiger partial charge in [0.1, 0.15) is 5.69 Å². The first-order valence-electron chi connectivity index (χ1n) is 7.86. The quantitative estimate of drug-likeness (QED) is 0.860. The summed E-state index contributed by atoms with van der Waals surface area (Å²) in [5.41, 5.74) is 0.441. The molecule has 2 saturated heterocycles. The molecule has 0 aliphatic carbocycles. The van der Waals surface area contributed by atoms with Gasteiger partial charge in [-0.3, -0.25) is 19.2 Å². The first-order valence-corrected chi connectivity index (χ1v) is 7.86. The van der Waals surface area contributed by atoms with Crippen LogP contribution in [0.15, 0.2) is 12.3 Å². The summed E-state index contributed by atoms with van der Waals surface area (Å²) in [5, 5.41) is 6.97. The minimum atomic E-state index is -0.168. The van der Waals surface area contributed by atoms with Gasteiger partial charge < -0.3 is 10.2 Å². The molecule has 0 unspecified atom stereocenters. The minimum Gasteiger partial charge on any atom is -0.354 e. The van der Waals surface area contributed by atoms with E-state index >= 15 is 0 Å². The molecule has 2 aliphatic rings. The largest absolute Gasteiger partial charge is 0.354 e. The lowest BCUT2D eigenvalue weighted by Crippen LogP contribution is -2.46. The molecule has 1 N–H and O–H groups in total. The van der Waals surface area contributed by atoms with Crippen LogP contribution in [0, 0.1) is 0 Å². The van der Waals surface area contributed by atoms with Crippen LogP contribution in [0.1, 0.15) is 35.8 Å². The zero-order valence-electron chi connectivity index (χ0n) is 13.2. The Labute approximate surface area is 130 Å². The Kier molecular flexibility index (Phi) is 4.15. The van der Waals surface area contributed by atoms with E-state index in [1.165, 1.54) is 0 Å². The van der Waals surface area contributed by atoms with Gasteiger partial charge in [0.15, 0.2) is 0 Å². The third-order valence-corrected chi connectivity index (χ3v) is 4.71. The second-order valence-corrected chi connectivity index (χ2v) is 6.12. The molecule has 120 valence electrons. The van der Waals surface area contributed by atoms with Gasteiger partial charge in [0.05, 0.1) is 12.1 Å². The number of nitrogens with zero attached hydrogens (tertiary/aromatic N) is 4. The number of likely N-dealkylation sites (N-methyl/N-ethyl adjacent to an activating group) is 1. The standard InChI is InChI=1S/C15H23N5O2/c1-16-14(21)12-5-9-20(17-12)11-4-3-7-19(10-11)13-6-8-18(2)15(13)22/h5,9,11,13H,3-4,6-8,10H2,1-2H3,(H,16,21)/t11-,13-/m1/s1. The summed E-state index contributed by atoms with van der Waals surface area (Å²) in [4.78, 5) is 27.9. The molecule has 7 heteroatoms. The van der Waals surface area contributed by atoms with E-state index in [4.69, 9.17) is 0 Å². The molecule has 22 heavy (non-hydrogen) atoms. The normalized spacial score (nSPS) is 26.5. The van der Waals surface area contributed by atoms with Crippen molar-refractivity contribution in [3.63, 3.8) is 0 Å². The topological polar surface area (TPSA) is 70.5 Å². The lowest BCUT2D eigenvalue weighted by atomic mass is 10.0. The molecule has 2 fully saturated rings. The summed E-state index contributed by atoms with van der Waals surface area (Å²) in [6, 6.07) is 1.99. The third-order valence-electron chi connectivity index (χ3n) is 4.71. The maximum Gasteiger partial charge on any atom is 0.271 e. The lowest BCUT2D eigenvalue weighted by molar-refractivity contribution is -0.131. The molecule has 0 bridgehead atoms. The molecule has 7 nitrogen and oxygen atoms in total. The summed E-state index contributed by atoms with van der Waals surface area (Å²) in [6.45, 7) is 2.62. The summed E-state index contributed by atoms with van der Waals surface area (Å²) in [5.74, 6) is 0.0613. The number of rotatable bonds is 3. The molecule has 2 aliphatic heterocycles. The first-order chi connectivity index (χ1) is 10.6. The molecule has 0 radical (unpaired) electrons. The molecular formula is C15H23N5O2. The predicted molar refractivity (Wildman–Crippen MR) is 81.5 cm³/mol. The molecule has 1 aromatic rings. The number of carbonyl (C=O) groups excluding carboxylic acids is 2. The molecule has 1 aromatic heterocycles. The van der Waals surface area contributed by atoms with E-state index in [1.807, 2.05) is 22.8 Å². The highest BCUT2D eigenvalue weighted by Gasteiger charge is 2.36. The number of aromatic nitrogens is 2. The Morgan fingerprint density at radius 1 is 1.36 bits per heavy atom. The van der Waals surface area contributed by atoms with Crippen LogP contribution in [-0.4, -0.2) is 71.2 Å². The fourth-order valence-electron chi connectivity index (χ4n) is 3.42. The summed E-state index contributed by atoms with van der Waals surface area (Å²) >= 11 is 0. The average molecular weight is 305 g/mol. The molecule has 3 heterocycles. The Morgan fingerprint density at radius 2 is 2.18 bits per heavy atom. The molecule has 2 atom stereocenters. The number of hydrogen-bond acceptors (Lipinski definition) is 4. The van der Waals surface area contributed by atoms with Crippen LogP contribution in [0.5, 0.6) is 0 Å². The monoisotopic (exact) mass is 305 g/mol. The van der Waals surface area contributed by atoms with Gasteiger partial charge in [0.2, 0.25) is 5.91 Å². The Bertz CT molecular complexity index is 570. The predicted octanol–water partition coefficient (Wildman–Crippen LogP) is 0.110. The van der Waals surface area contributed by atoms with Gasteiger partial charge in [-0.05, 0) is 31.9 Å². The Morgan fingerprint density at radius 3 is 2.86 bits per heavy atom. The van der Waals surface area contributed by atoms with Crippen molar-refractivity contribution in [2.24, 2.45) is 0 Å². The van der Waals surface area contributed by atoms with Gasteiger partial charge in [0.25, 0.3) is 5.91 Å². The molecule has 0 saturated carbocycles. The van der Waals surface area contributed by atoms with Crippen molar-refractivity contribution >= 4 is 11.8 Å². The van der Waals surface area contributed by atoms with Crippen LogP contribution in [0.25, 0.3) is 0 Å². The van der Waals surface area contributed by atoms with Crippen LogP contribution in [-0.2, 0) is 4.79 Å². The molecule has 0 aromatic carbocycles. The number of piperidine rings is 1. The minimum absolute atomic E-state index is 0.0155. The zero-order valence-corrected chi connectivity index (χ0v) is 13.2. The van der Waals surface area contributed by atoms with E-state index in [2.05, 4.69) is 15.3 Å². The Hall–Kier alpha value is -1.89. The highest BCUT2D eigenvalue weighted by atomic mass is 16.2. The number of carbonyl (C=O) groups is 2. The van der Waals surface area contributed by atoms with Crippen molar-refractivity contribution in [1.29, 1.82) is 0 Å². The van der Waals surface area contributed by atoms with Crippen LogP contribution < -0.4 is 5.32 Å². The van der Waals surface area contributed by atoms with E-state index in [1.54, 1.807) is 13.1 Å². The van der Waals surface area contributed by atoms with E-state index in [9.17, 15) is 9.59 Å². The van der Waals surface area contributed by atoms with Crippen LogP contribution >= 0.6 is 0 Å². The number of likely N-dealkylation sites (tertiary alicyclic amines) is 2. The van der Waals surface area contributed by atoms with Gasteiger partial charge in [0, 0.05) is 33.4 Å². The molecule has 3 rings (SSSR count). The van der Waals surface area contributed by atoms with Gasteiger partial charge >= 0.3 is 0 Å². The van der Waals surface area contributed by atoms with Gasteiger partial charge in [-0.15, -0.1) is 0 Å². The van der Waals surface area contributed by atoms with Gasteiger partial charge in [-0.25, -0.2) is 0 Å².